The average Bonchev–Trinajstić information content (AvgIpc) is 2.38. The van der Waals surface area contributed by atoms with E-state index in [-0.39, 0.29) is 5.91 Å². The molecule has 0 unspecified atom stereocenters. The molecule has 1 aromatic carbocycles. The van der Waals surface area contributed by atoms with E-state index in [4.69, 9.17) is 4.42 Å². The molecule has 4 nitrogen and oxygen atoms in total. The molecule has 0 fully saturated rings. The van der Waals surface area contributed by atoms with Gasteiger partial charge in [0.2, 0.25) is 0 Å². The van der Waals surface area contributed by atoms with E-state index in [0.717, 1.165) is 5.39 Å². The summed E-state index contributed by atoms with van der Waals surface area (Å²) in [6.07, 6.45) is 0. The van der Waals surface area contributed by atoms with Gasteiger partial charge >= 0.3 is 5.63 Å². The first-order valence-electron chi connectivity index (χ1n) is 6.04. The average molecular weight is 257 g/mol. The fourth-order valence-electron chi connectivity index (χ4n) is 1.89. The van der Waals surface area contributed by atoms with Crippen LogP contribution >= 0.6 is 0 Å². The molecule has 1 aromatic heterocycles. The van der Waals surface area contributed by atoms with Crippen LogP contribution in [0.5, 0.6) is 0 Å². The summed E-state index contributed by atoms with van der Waals surface area (Å²) in [5.41, 5.74) is 1.23. The minimum absolute atomic E-state index is 0.139. The first-order valence-corrected chi connectivity index (χ1v) is 6.04. The van der Waals surface area contributed by atoms with E-state index in [1.54, 1.807) is 24.0 Å². The third-order valence-corrected chi connectivity index (χ3v) is 2.84. The zero-order chi connectivity index (χ0) is 14.0. The monoisotopic (exact) mass is 257 g/mol. The third kappa shape index (κ3) is 2.57. The standard InChI is InChI=1S/C15H15NO3/c1-4-16(15(18)10(2)3)12-7-5-11-6-8-14(17)19-13(11)9-12/h5-9H,2,4H2,1,3H3. The van der Waals surface area contributed by atoms with Crippen LogP contribution in [-0.2, 0) is 4.79 Å². The molecule has 98 valence electrons. The van der Waals surface area contributed by atoms with Crippen molar-refractivity contribution in [1.82, 2.24) is 0 Å². The molecule has 0 spiro atoms. The van der Waals surface area contributed by atoms with Gasteiger partial charge in [-0.25, -0.2) is 4.79 Å². The fourth-order valence-corrected chi connectivity index (χ4v) is 1.89. The molecular formula is C15H15NO3. The molecule has 0 radical (unpaired) electrons. The number of anilines is 1. The maximum Gasteiger partial charge on any atom is 0.336 e. The Balaban J connectivity index is 2.52. The van der Waals surface area contributed by atoms with Crippen molar-refractivity contribution in [3.8, 4) is 0 Å². The van der Waals surface area contributed by atoms with E-state index in [0.29, 0.717) is 23.4 Å². The van der Waals surface area contributed by atoms with Gasteiger partial charge in [-0.05, 0) is 32.0 Å². The topological polar surface area (TPSA) is 50.5 Å². The predicted octanol–water partition coefficient (Wildman–Crippen LogP) is 2.72. The van der Waals surface area contributed by atoms with Crippen molar-refractivity contribution < 1.29 is 9.21 Å². The Kier molecular flexibility index (Phi) is 3.51. The molecule has 0 aliphatic heterocycles. The number of carbonyl (C=O) groups is 1. The number of hydrogen-bond acceptors (Lipinski definition) is 3. The Labute approximate surface area is 111 Å². The van der Waals surface area contributed by atoms with Crippen molar-refractivity contribution in [3.63, 3.8) is 0 Å². The lowest BCUT2D eigenvalue weighted by Crippen LogP contribution is -2.30. The number of benzene rings is 1. The third-order valence-electron chi connectivity index (χ3n) is 2.84. The van der Waals surface area contributed by atoms with E-state index < -0.39 is 5.63 Å². The van der Waals surface area contributed by atoms with Gasteiger partial charge in [-0.15, -0.1) is 0 Å². The van der Waals surface area contributed by atoms with Crippen LogP contribution in [0, 0.1) is 0 Å². The number of likely N-dealkylation sites (N-methyl/N-ethyl adjacent to an activating group) is 1. The Hall–Kier alpha value is -2.36. The molecule has 0 N–H and O–H groups in total. The van der Waals surface area contributed by atoms with Crippen molar-refractivity contribution in [1.29, 1.82) is 0 Å². The maximum atomic E-state index is 12.0. The lowest BCUT2D eigenvalue weighted by atomic mass is 10.2. The Morgan fingerprint density at radius 3 is 2.63 bits per heavy atom. The second kappa shape index (κ2) is 5.10. The first-order chi connectivity index (χ1) is 9.02. The van der Waals surface area contributed by atoms with Crippen molar-refractivity contribution in [2.24, 2.45) is 0 Å². The van der Waals surface area contributed by atoms with E-state index in [2.05, 4.69) is 6.58 Å². The van der Waals surface area contributed by atoms with Crippen LogP contribution in [0.15, 0.2) is 51.7 Å². The van der Waals surface area contributed by atoms with Crippen molar-refractivity contribution in [2.75, 3.05) is 11.4 Å². The summed E-state index contributed by atoms with van der Waals surface area (Å²) < 4.78 is 5.12. The van der Waals surface area contributed by atoms with Crippen molar-refractivity contribution in [2.45, 2.75) is 13.8 Å². The van der Waals surface area contributed by atoms with Crippen LogP contribution in [0.2, 0.25) is 0 Å². The van der Waals surface area contributed by atoms with E-state index >= 15 is 0 Å². The SMILES string of the molecule is C=C(C)C(=O)N(CC)c1ccc2ccc(=O)oc2c1. The number of amides is 1. The number of rotatable bonds is 3. The number of carbonyl (C=O) groups excluding carboxylic acids is 1. The molecule has 0 saturated heterocycles. The van der Waals surface area contributed by atoms with Crippen LogP contribution in [0.4, 0.5) is 5.69 Å². The highest BCUT2D eigenvalue weighted by molar-refractivity contribution is 6.05. The Bertz CT molecular complexity index is 700. The van der Waals surface area contributed by atoms with Crippen LogP contribution < -0.4 is 10.5 Å². The number of hydrogen-bond donors (Lipinski definition) is 0. The Morgan fingerprint density at radius 1 is 1.32 bits per heavy atom. The van der Waals surface area contributed by atoms with Gasteiger partial charge in [-0.2, -0.15) is 0 Å². The molecule has 1 amide bonds. The summed E-state index contributed by atoms with van der Waals surface area (Å²) in [5, 5.41) is 0.821. The second-order valence-electron chi connectivity index (χ2n) is 4.31. The van der Waals surface area contributed by atoms with Crippen LogP contribution in [0.1, 0.15) is 13.8 Å². The van der Waals surface area contributed by atoms with Gasteiger partial charge in [0.15, 0.2) is 0 Å². The normalized spacial score (nSPS) is 10.4. The molecule has 0 aliphatic carbocycles. The van der Waals surface area contributed by atoms with Crippen molar-refractivity contribution in [3.05, 3.63) is 52.9 Å². The van der Waals surface area contributed by atoms with E-state index in [9.17, 15) is 9.59 Å². The van der Waals surface area contributed by atoms with Crippen LogP contribution in [0.25, 0.3) is 11.0 Å². The fraction of sp³-hybridized carbons (Fsp3) is 0.200. The van der Waals surface area contributed by atoms with Crippen molar-refractivity contribution >= 4 is 22.6 Å². The molecule has 0 saturated carbocycles. The van der Waals surface area contributed by atoms with Crippen LogP contribution in [0.3, 0.4) is 0 Å². The number of nitrogens with zero attached hydrogens (tertiary/aromatic N) is 1. The van der Waals surface area contributed by atoms with Gasteiger partial charge in [-0.1, -0.05) is 6.58 Å². The zero-order valence-corrected chi connectivity index (χ0v) is 11.0. The number of fused-ring (bicyclic) bond motifs is 1. The summed E-state index contributed by atoms with van der Waals surface area (Å²) in [5.74, 6) is -0.139. The second-order valence-corrected chi connectivity index (χ2v) is 4.31. The molecule has 2 rings (SSSR count). The summed E-state index contributed by atoms with van der Waals surface area (Å²) in [6.45, 7) is 7.74. The molecule has 0 aliphatic rings. The predicted molar refractivity (Wildman–Crippen MR) is 75.3 cm³/mol. The lowest BCUT2D eigenvalue weighted by Gasteiger charge is -2.21. The molecule has 19 heavy (non-hydrogen) atoms. The zero-order valence-electron chi connectivity index (χ0n) is 11.0. The molecular weight excluding hydrogens is 242 g/mol. The van der Waals surface area contributed by atoms with Gasteiger partial charge in [0.05, 0.1) is 0 Å². The van der Waals surface area contributed by atoms with Gasteiger partial charge < -0.3 is 9.32 Å². The smallest absolute Gasteiger partial charge is 0.336 e. The van der Waals surface area contributed by atoms with Gasteiger partial charge in [-0.3, -0.25) is 4.79 Å². The largest absolute Gasteiger partial charge is 0.423 e. The molecule has 1 heterocycles. The summed E-state index contributed by atoms with van der Waals surface area (Å²) in [4.78, 5) is 24.8. The highest BCUT2D eigenvalue weighted by Crippen LogP contribution is 2.22. The first kappa shape index (κ1) is 13.1. The van der Waals surface area contributed by atoms with Gasteiger partial charge in [0.25, 0.3) is 5.91 Å². The maximum absolute atomic E-state index is 12.0. The summed E-state index contributed by atoms with van der Waals surface area (Å²) in [6, 6.07) is 8.41. The minimum atomic E-state index is -0.404. The minimum Gasteiger partial charge on any atom is -0.423 e. The van der Waals surface area contributed by atoms with Gasteiger partial charge in [0.1, 0.15) is 5.58 Å². The Morgan fingerprint density at radius 2 is 2.00 bits per heavy atom. The summed E-state index contributed by atoms with van der Waals surface area (Å²) >= 11 is 0. The van der Waals surface area contributed by atoms with Gasteiger partial charge in [0, 0.05) is 35.3 Å². The molecule has 0 atom stereocenters. The highest BCUT2D eigenvalue weighted by atomic mass is 16.4. The lowest BCUT2D eigenvalue weighted by molar-refractivity contribution is -0.115. The summed E-state index contributed by atoms with van der Waals surface area (Å²) in [7, 11) is 0. The van der Waals surface area contributed by atoms with E-state index in [1.807, 2.05) is 19.1 Å². The quantitative estimate of drug-likeness (QED) is 0.627. The van der Waals surface area contributed by atoms with E-state index in [1.165, 1.54) is 6.07 Å². The highest BCUT2D eigenvalue weighted by Gasteiger charge is 2.15. The molecule has 4 heteroatoms. The molecule has 0 bridgehead atoms. The van der Waals surface area contributed by atoms with Crippen LogP contribution in [-0.4, -0.2) is 12.5 Å². The molecule has 2 aromatic rings.